The van der Waals surface area contributed by atoms with Crippen LogP contribution < -0.4 is 11.5 Å². The summed E-state index contributed by atoms with van der Waals surface area (Å²) in [6, 6.07) is -0.354. The predicted molar refractivity (Wildman–Crippen MR) is 44.6 cm³/mol. The summed E-state index contributed by atoms with van der Waals surface area (Å²) in [5, 5.41) is 8.50. The summed E-state index contributed by atoms with van der Waals surface area (Å²) in [5.74, 6) is -0.952. The van der Waals surface area contributed by atoms with E-state index in [4.69, 9.17) is 16.6 Å². The highest BCUT2D eigenvalue weighted by atomic mass is 16.4. The lowest BCUT2D eigenvalue weighted by atomic mass is 10.2. The number of carboxylic acids is 1. The van der Waals surface area contributed by atoms with Gasteiger partial charge in [0.05, 0.1) is 12.5 Å². The van der Waals surface area contributed by atoms with Gasteiger partial charge in [0.2, 0.25) is 0 Å². The molecule has 0 aromatic rings. The molecule has 0 heterocycles. The first-order chi connectivity index (χ1) is 5.59. The smallest absolute Gasteiger partial charge is 0.305 e. The fourth-order valence-corrected chi connectivity index (χ4v) is 0.936. The van der Waals surface area contributed by atoms with Crippen LogP contribution in [0.15, 0.2) is 16.6 Å². The second kappa shape index (κ2) is 3.25. The Morgan fingerprint density at radius 1 is 1.75 bits per heavy atom. The first kappa shape index (κ1) is 8.58. The molecule has 0 radical (unpaired) electrons. The molecular formula is C7H11N3O2. The van der Waals surface area contributed by atoms with E-state index in [9.17, 15) is 4.79 Å². The number of carbonyl (C=O) groups is 1. The third kappa shape index (κ3) is 2.61. The fraction of sp³-hybridized carbons (Fsp3) is 0.429. The lowest BCUT2D eigenvalue weighted by Crippen LogP contribution is -2.26. The Hall–Kier alpha value is -1.52. The van der Waals surface area contributed by atoms with Crippen LogP contribution in [0.2, 0.25) is 0 Å². The molecule has 5 heteroatoms. The average Bonchev–Trinajstić information content (AvgIpc) is 2.63. The second-order valence-corrected chi connectivity index (χ2v) is 2.65. The van der Waals surface area contributed by atoms with Crippen molar-refractivity contribution >= 4 is 11.9 Å². The normalized spacial score (nSPS) is 16.2. The molecule has 1 atom stereocenters. The van der Waals surface area contributed by atoms with Crippen LogP contribution in [0, 0.1) is 0 Å². The van der Waals surface area contributed by atoms with Crippen molar-refractivity contribution in [3.8, 4) is 0 Å². The summed E-state index contributed by atoms with van der Waals surface area (Å²) in [6.45, 7) is 0. The minimum atomic E-state index is -0.891. The minimum absolute atomic E-state index is 0.0380. The van der Waals surface area contributed by atoms with Crippen LogP contribution in [0.1, 0.15) is 12.8 Å². The Kier molecular flexibility index (Phi) is 2.32. The van der Waals surface area contributed by atoms with Crippen molar-refractivity contribution in [2.75, 3.05) is 0 Å². The maximum absolute atomic E-state index is 10.3. The molecule has 0 aromatic carbocycles. The van der Waals surface area contributed by atoms with Crippen molar-refractivity contribution in [1.29, 1.82) is 0 Å². The molecule has 12 heavy (non-hydrogen) atoms. The number of guanidine groups is 1. The predicted octanol–water partition coefficient (Wildman–Crippen LogP) is -0.567. The molecule has 0 spiro atoms. The molecule has 1 aliphatic carbocycles. The maximum atomic E-state index is 10.3. The van der Waals surface area contributed by atoms with Crippen molar-refractivity contribution in [2.45, 2.75) is 18.9 Å². The highest BCUT2D eigenvalue weighted by Crippen LogP contribution is 2.26. The largest absolute Gasteiger partial charge is 0.481 e. The second-order valence-electron chi connectivity index (χ2n) is 2.65. The van der Waals surface area contributed by atoms with Crippen LogP contribution >= 0.6 is 0 Å². The SMILES string of the molecule is NC(N)=N[C@H](CC(=O)O)C1=CC1. The molecule has 0 amide bonds. The molecule has 1 aliphatic rings. The molecule has 5 nitrogen and oxygen atoms in total. The van der Waals surface area contributed by atoms with Gasteiger partial charge < -0.3 is 16.6 Å². The average molecular weight is 169 g/mol. The summed E-state index contributed by atoms with van der Waals surface area (Å²) in [4.78, 5) is 14.1. The van der Waals surface area contributed by atoms with E-state index in [1.807, 2.05) is 6.08 Å². The lowest BCUT2D eigenvalue weighted by molar-refractivity contribution is -0.137. The summed E-state index contributed by atoms with van der Waals surface area (Å²) in [6.07, 6.45) is 2.71. The first-order valence-corrected chi connectivity index (χ1v) is 3.59. The number of carboxylic acid groups (broad SMARTS) is 1. The number of nitrogens with zero attached hydrogens (tertiary/aromatic N) is 1. The van der Waals surface area contributed by atoms with E-state index in [0.717, 1.165) is 12.0 Å². The van der Waals surface area contributed by atoms with Crippen LogP contribution in [0.3, 0.4) is 0 Å². The third-order valence-electron chi connectivity index (χ3n) is 1.54. The zero-order chi connectivity index (χ0) is 9.14. The molecule has 66 valence electrons. The van der Waals surface area contributed by atoms with Crippen LogP contribution in [0.4, 0.5) is 0 Å². The van der Waals surface area contributed by atoms with Gasteiger partial charge in [-0.25, -0.2) is 4.99 Å². The Bertz CT molecular complexity index is 253. The zero-order valence-electron chi connectivity index (χ0n) is 6.53. The molecule has 0 saturated carbocycles. The van der Waals surface area contributed by atoms with Crippen LogP contribution in [-0.2, 0) is 4.79 Å². The van der Waals surface area contributed by atoms with E-state index >= 15 is 0 Å². The molecule has 0 saturated heterocycles. The zero-order valence-corrected chi connectivity index (χ0v) is 6.53. The molecule has 0 aromatic heterocycles. The highest BCUT2D eigenvalue weighted by Gasteiger charge is 2.22. The molecule has 0 unspecified atom stereocenters. The van der Waals surface area contributed by atoms with Crippen LogP contribution in [0.25, 0.3) is 0 Å². The standard InChI is InChI=1S/C7H11N3O2/c8-7(9)10-5(3-6(11)12)4-1-2-4/h1,5H,2-3H2,(H,11,12)(H4,8,9,10)/t5-/m1/s1. The number of allylic oxidation sites excluding steroid dienone is 1. The van der Waals surface area contributed by atoms with Gasteiger partial charge in [0.25, 0.3) is 0 Å². The van der Waals surface area contributed by atoms with Crippen molar-refractivity contribution in [2.24, 2.45) is 16.5 Å². The number of aliphatic imine (C=N–C) groups is 1. The van der Waals surface area contributed by atoms with Gasteiger partial charge in [-0.15, -0.1) is 0 Å². The van der Waals surface area contributed by atoms with Gasteiger partial charge in [0.1, 0.15) is 0 Å². The van der Waals surface area contributed by atoms with Gasteiger partial charge in [-0.1, -0.05) is 6.08 Å². The van der Waals surface area contributed by atoms with Gasteiger partial charge in [-0.3, -0.25) is 4.79 Å². The van der Waals surface area contributed by atoms with E-state index in [0.29, 0.717) is 0 Å². The van der Waals surface area contributed by atoms with Gasteiger partial charge in [0.15, 0.2) is 5.96 Å². The van der Waals surface area contributed by atoms with Crippen molar-refractivity contribution < 1.29 is 9.90 Å². The number of hydrogen-bond donors (Lipinski definition) is 3. The summed E-state index contributed by atoms with van der Waals surface area (Å²) in [7, 11) is 0. The minimum Gasteiger partial charge on any atom is -0.481 e. The Morgan fingerprint density at radius 2 is 2.33 bits per heavy atom. The Balaban J connectivity index is 2.55. The first-order valence-electron chi connectivity index (χ1n) is 3.59. The topological polar surface area (TPSA) is 102 Å². The van der Waals surface area contributed by atoms with Gasteiger partial charge in [-0.2, -0.15) is 0 Å². The lowest BCUT2D eigenvalue weighted by Gasteiger charge is -2.05. The van der Waals surface area contributed by atoms with E-state index in [1.165, 1.54) is 0 Å². The maximum Gasteiger partial charge on any atom is 0.305 e. The Labute approximate surface area is 69.8 Å². The number of aliphatic carboxylic acids is 1. The fourth-order valence-electron chi connectivity index (χ4n) is 0.936. The summed E-state index contributed by atoms with van der Waals surface area (Å²) >= 11 is 0. The van der Waals surface area contributed by atoms with Gasteiger partial charge in [-0.05, 0) is 12.0 Å². The van der Waals surface area contributed by atoms with Crippen molar-refractivity contribution in [1.82, 2.24) is 0 Å². The van der Waals surface area contributed by atoms with Crippen LogP contribution in [0.5, 0.6) is 0 Å². The van der Waals surface area contributed by atoms with Crippen molar-refractivity contribution in [3.63, 3.8) is 0 Å². The number of rotatable bonds is 4. The summed E-state index contributed by atoms with van der Waals surface area (Å²) < 4.78 is 0. The Morgan fingerprint density at radius 3 is 2.67 bits per heavy atom. The van der Waals surface area contributed by atoms with Gasteiger partial charge in [0, 0.05) is 0 Å². The van der Waals surface area contributed by atoms with E-state index < -0.39 is 5.97 Å². The monoisotopic (exact) mass is 169 g/mol. The van der Waals surface area contributed by atoms with E-state index in [2.05, 4.69) is 4.99 Å². The molecule has 0 fully saturated rings. The number of hydrogen-bond acceptors (Lipinski definition) is 2. The van der Waals surface area contributed by atoms with Crippen molar-refractivity contribution in [3.05, 3.63) is 11.6 Å². The molecule has 1 rings (SSSR count). The molecule has 0 bridgehead atoms. The van der Waals surface area contributed by atoms with Crippen LogP contribution in [-0.4, -0.2) is 23.1 Å². The molecular weight excluding hydrogens is 158 g/mol. The highest BCUT2D eigenvalue weighted by molar-refractivity contribution is 5.77. The third-order valence-corrected chi connectivity index (χ3v) is 1.54. The van der Waals surface area contributed by atoms with Gasteiger partial charge >= 0.3 is 5.97 Å². The molecule has 0 aliphatic heterocycles. The molecule has 5 N–H and O–H groups in total. The van der Waals surface area contributed by atoms with E-state index in [1.54, 1.807) is 0 Å². The number of nitrogens with two attached hydrogens (primary N) is 2. The van der Waals surface area contributed by atoms with E-state index in [-0.39, 0.29) is 18.4 Å². The summed E-state index contributed by atoms with van der Waals surface area (Å²) in [5.41, 5.74) is 11.3. The quantitative estimate of drug-likeness (QED) is 0.298.